The summed E-state index contributed by atoms with van der Waals surface area (Å²) in [5, 5.41) is 8.24. The van der Waals surface area contributed by atoms with Crippen LogP contribution in [0.4, 0.5) is 20.6 Å². The Kier molecular flexibility index (Phi) is 5.13. The van der Waals surface area contributed by atoms with E-state index in [1.807, 2.05) is 17.0 Å². The highest BCUT2D eigenvalue weighted by Crippen LogP contribution is 2.18. The highest BCUT2D eigenvalue weighted by Gasteiger charge is 2.16. The van der Waals surface area contributed by atoms with Gasteiger partial charge < -0.3 is 20.9 Å². The molecule has 0 saturated carbocycles. The van der Waals surface area contributed by atoms with Crippen LogP contribution in [0.2, 0.25) is 0 Å². The summed E-state index contributed by atoms with van der Waals surface area (Å²) in [6.45, 7) is 2.04. The van der Waals surface area contributed by atoms with Gasteiger partial charge in [-0.25, -0.2) is 9.18 Å². The number of hydrogen-bond donors (Lipinski definition) is 3. The molecule has 3 rings (SSSR count). The van der Waals surface area contributed by atoms with Gasteiger partial charge in [-0.05, 0) is 42.0 Å². The zero-order chi connectivity index (χ0) is 17.6. The van der Waals surface area contributed by atoms with Crippen LogP contribution in [-0.2, 0) is 11.3 Å². The number of carbonyl (C=O) groups is 2. The van der Waals surface area contributed by atoms with Gasteiger partial charge in [-0.3, -0.25) is 4.79 Å². The SMILES string of the molecule is O=C1CN(c2ccc(NC(=O)NCc3ccc(F)cc3)cc2)CCN1. The first-order valence-electron chi connectivity index (χ1n) is 8.01. The molecule has 0 radical (unpaired) electrons. The number of urea groups is 1. The van der Waals surface area contributed by atoms with Crippen molar-refractivity contribution in [2.24, 2.45) is 0 Å². The normalized spacial score (nSPS) is 14.0. The third kappa shape index (κ3) is 4.69. The summed E-state index contributed by atoms with van der Waals surface area (Å²) < 4.78 is 12.8. The molecule has 1 aliphatic heterocycles. The smallest absolute Gasteiger partial charge is 0.319 e. The van der Waals surface area contributed by atoms with Crippen molar-refractivity contribution >= 4 is 23.3 Å². The first-order chi connectivity index (χ1) is 12.1. The average molecular weight is 342 g/mol. The van der Waals surface area contributed by atoms with Gasteiger partial charge in [0.15, 0.2) is 0 Å². The van der Waals surface area contributed by atoms with Crippen molar-refractivity contribution in [1.29, 1.82) is 0 Å². The molecular formula is C18H19FN4O2. The highest BCUT2D eigenvalue weighted by atomic mass is 19.1. The van der Waals surface area contributed by atoms with E-state index in [4.69, 9.17) is 0 Å². The molecule has 0 aliphatic carbocycles. The molecule has 6 nitrogen and oxygen atoms in total. The Morgan fingerprint density at radius 3 is 2.52 bits per heavy atom. The molecule has 1 saturated heterocycles. The van der Waals surface area contributed by atoms with Crippen LogP contribution in [-0.4, -0.2) is 31.6 Å². The zero-order valence-electron chi connectivity index (χ0n) is 13.6. The fraction of sp³-hybridized carbons (Fsp3) is 0.222. The minimum atomic E-state index is -0.338. The van der Waals surface area contributed by atoms with Crippen molar-refractivity contribution in [2.45, 2.75) is 6.54 Å². The molecule has 0 aromatic heterocycles. The molecule has 7 heteroatoms. The summed E-state index contributed by atoms with van der Waals surface area (Å²) in [4.78, 5) is 25.3. The fourth-order valence-corrected chi connectivity index (χ4v) is 2.57. The van der Waals surface area contributed by atoms with Crippen molar-refractivity contribution in [2.75, 3.05) is 29.9 Å². The Hall–Kier alpha value is -3.09. The van der Waals surface area contributed by atoms with Crippen LogP contribution in [0, 0.1) is 5.82 Å². The van der Waals surface area contributed by atoms with Crippen LogP contribution in [0.5, 0.6) is 0 Å². The van der Waals surface area contributed by atoms with Crippen molar-refractivity contribution in [3.8, 4) is 0 Å². The third-order valence-electron chi connectivity index (χ3n) is 3.90. The molecule has 0 atom stereocenters. The van der Waals surface area contributed by atoms with Crippen LogP contribution in [0.15, 0.2) is 48.5 Å². The number of anilines is 2. The number of nitrogens with one attached hydrogen (secondary N) is 3. The lowest BCUT2D eigenvalue weighted by atomic mass is 10.2. The van der Waals surface area contributed by atoms with Crippen LogP contribution < -0.4 is 20.9 Å². The van der Waals surface area contributed by atoms with Gasteiger partial charge in [0.1, 0.15) is 5.82 Å². The first kappa shape index (κ1) is 16.8. The fourth-order valence-electron chi connectivity index (χ4n) is 2.57. The maximum absolute atomic E-state index is 12.8. The second-order valence-corrected chi connectivity index (χ2v) is 5.75. The Balaban J connectivity index is 1.51. The van der Waals surface area contributed by atoms with Crippen molar-refractivity contribution in [3.05, 3.63) is 59.9 Å². The van der Waals surface area contributed by atoms with Gasteiger partial charge in [0.25, 0.3) is 0 Å². The number of hydrogen-bond acceptors (Lipinski definition) is 3. The van der Waals surface area contributed by atoms with Crippen molar-refractivity contribution in [3.63, 3.8) is 0 Å². The van der Waals surface area contributed by atoms with E-state index in [0.29, 0.717) is 25.3 Å². The lowest BCUT2D eigenvalue weighted by Crippen LogP contribution is -2.47. The minimum absolute atomic E-state index is 0.00798. The lowest BCUT2D eigenvalue weighted by Gasteiger charge is -2.28. The van der Waals surface area contributed by atoms with Crippen LogP contribution in [0.1, 0.15) is 5.56 Å². The summed E-state index contributed by atoms with van der Waals surface area (Å²) in [6, 6.07) is 12.9. The number of piperazine rings is 1. The summed E-state index contributed by atoms with van der Waals surface area (Å²) in [5.41, 5.74) is 2.41. The number of amides is 3. The number of rotatable bonds is 4. The molecule has 2 aromatic rings. The van der Waals surface area contributed by atoms with Crippen LogP contribution in [0.25, 0.3) is 0 Å². The maximum atomic E-state index is 12.8. The Labute approximate surface area is 145 Å². The predicted molar refractivity (Wildman–Crippen MR) is 93.9 cm³/mol. The first-order valence-corrected chi connectivity index (χ1v) is 8.01. The van der Waals surface area contributed by atoms with Gasteiger partial charge in [0.05, 0.1) is 6.54 Å². The molecular weight excluding hydrogens is 323 g/mol. The Morgan fingerprint density at radius 2 is 1.84 bits per heavy atom. The van der Waals surface area contributed by atoms with Gasteiger partial charge >= 0.3 is 6.03 Å². The number of nitrogens with zero attached hydrogens (tertiary/aromatic N) is 1. The van der Waals surface area contributed by atoms with E-state index >= 15 is 0 Å². The molecule has 3 N–H and O–H groups in total. The molecule has 1 heterocycles. The minimum Gasteiger partial charge on any atom is -0.360 e. The van der Waals surface area contributed by atoms with Gasteiger partial charge in [0.2, 0.25) is 5.91 Å². The average Bonchev–Trinajstić information content (AvgIpc) is 2.62. The Morgan fingerprint density at radius 1 is 1.12 bits per heavy atom. The molecule has 25 heavy (non-hydrogen) atoms. The van der Waals surface area contributed by atoms with Gasteiger partial charge in [-0.15, -0.1) is 0 Å². The second-order valence-electron chi connectivity index (χ2n) is 5.75. The quantitative estimate of drug-likeness (QED) is 0.796. The van der Waals surface area contributed by atoms with Crippen molar-refractivity contribution in [1.82, 2.24) is 10.6 Å². The summed E-state index contributed by atoms with van der Waals surface area (Å²) in [5.74, 6) is -0.298. The summed E-state index contributed by atoms with van der Waals surface area (Å²) in [6.07, 6.45) is 0. The molecule has 0 spiro atoms. The van der Waals surface area contributed by atoms with Gasteiger partial charge in [-0.2, -0.15) is 0 Å². The monoisotopic (exact) mass is 342 g/mol. The van der Waals surface area contributed by atoms with E-state index < -0.39 is 0 Å². The molecule has 2 aromatic carbocycles. The van der Waals surface area contributed by atoms with Crippen LogP contribution in [0.3, 0.4) is 0 Å². The molecule has 0 bridgehead atoms. The van der Waals surface area contributed by atoms with Gasteiger partial charge in [-0.1, -0.05) is 12.1 Å². The lowest BCUT2D eigenvalue weighted by molar-refractivity contribution is -0.120. The highest BCUT2D eigenvalue weighted by molar-refractivity contribution is 5.89. The van der Waals surface area contributed by atoms with E-state index in [1.54, 1.807) is 24.3 Å². The molecule has 130 valence electrons. The third-order valence-corrected chi connectivity index (χ3v) is 3.90. The second kappa shape index (κ2) is 7.65. The summed E-state index contributed by atoms with van der Waals surface area (Å²) >= 11 is 0. The van der Waals surface area contributed by atoms with Gasteiger partial charge in [0, 0.05) is 31.0 Å². The molecule has 3 amide bonds. The van der Waals surface area contributed by atoms with E-state index in [0.717, 1.165) is 17.8 Å². The molecule has 1 fully saturated rings. The van der Waals surface area contributed by atoms with E-state index in [2.05, 4.69) is 16.0 Å². The number of benzene rings is 2. The molecule has 1 aliphatic rings. The van der Waals surface area contributed by atoms with E-state index in [1.165, 1.54) is 12.1 Å². The Bertz CT molecular complexity index is 747. The maximum Gasteiger partial charge on any atom is 0.319 e. The summed E-state index contributed by atoms with van der Waals surface area (Å²) in [7, 11) is 0. The predicted octanol–water partition coefficient (Wildman–Crippen LogP) is 2.08. The number of halogens is 1. The van der Waals surface area contributed by atoms with E-state index in [9.17, 15) is 14.0 Å². The van der Waals surface area contributed by atoms with Crippen LogP contribution >= 0.6 is 0 Å². The zero-order valence-corrected chi connectivity index (χ0v) is 13.6. The molecule has 0 unspecified atom stereocenters. The number of carbonyl (C=O) groups excluding carboxylic acids is 2. The van der Waals surface area contributed by atoms with Crippen molar-refractivity contribution < 1.29 is 14.0 Å². The standard InChI is InChI=1S/C18H19FN4O2/c19-14-3-1-13(2-4-14)11-21-18(25)22-15-5-7-16(8-6-15)23-10-9-20-17(24)12-23/h1-8H,9-12H2,(H,20,24)(H2,21,22,25). The van der Waals surface area contributed by atoms with E-state index in [-0.39, 0.29) is 17.8 Å². The largest absolute Gasteiger partial charge is 0.360 e. The topological polar surface area (TPSA) is 73.5 Å².